The van der Waals surface area contributed by atoms with Gasteiger partial charge in [-0.2, -0.15) is 0 Å². The summed E-state index contributed by atoms with van der Waals surface area (Å²) in [4.78, 5) is 11.0. The Hall–Kier alpha value is -1.83. The van der Waals surface area contributed by atoms with Crippen LogP contribution in [0.1, 0.15) is 0 Å². The van der Waals surface area contributed by atoms with E-state index in [0.29, 0.717) is 0 Å². The summed E-state index contributed by atoms with van der Waals surface area (Å²) in [5.41, 5.74) is 5.20. The lowest BCUT2D eigenvalue weighted by molar-refractivity contribution is -0.116. The third kappa shape index (κ3) is 3.93. The highest BCUT2D eigenvalue weighted by molar-refractivity contribution is 7.93. The van der Waals surface area contributed by atoms with Crippen LogP contribution >= 0.6 is 23.2 Å². The second-order valence-electron chi connectivity index (χ2n) is 4.53. The summed E-state index contributed by atoms with van der Waals surface area (Å²) in [5.74, 6) is -1.43. The number of nitrogens with zero attached hydrogens (tertiary/aromatic N) is 1. The second-order valence-corrected chi connectivity index (χ2v) is 7.20. The van der Waals surface area contributed by atoms with Gasteiger partial charge in [0.05, 0.1) is 10.7 Å². The third-order valence-corrected chi connectivity index (χ3v) is 5.37. The molecule has 0 aliphatic carbocycles. The Kier molecular flexibility index (Phi) is 5.13. The van der Waals surface area contributed by atoms with E-state index in [4.69, 9.17) is 28.9 Å². The molecule has 0 radical (unpaired) electrons. The van der Waals surface area contributed by atoms with Crippen molar-refractivity contribution in [3.63, 3.8) is 0 Å². The van der Waals surface area contributed by atoms with Crippen molar-refractivity contribution in [1.29, 1.82) is 0 Å². The maximum atomic E-state index is 13.1. The minimum atomic E-state index is -4.22. The van der Waals surface area contributed by atoms with Crippen LogP contribution in [0.3, 0.4) is 0 Å². The van der Waals surface area contributed by atoms with Crippen molar-refractivity contribution in [1.82, 2.24) is 0 Å². The van der Waals surface area contributed by atoms with Gasteiger partial charge >= 0.3 is 0 Å². The molecule has 2 N–H and O–H groups in total. The number of primary amides is 1. The first-order valence-corrected chi connectivity index (χ1v) is 8.43. The summed E-state index contributed by atoms with van der Waals surface area (Å²) in [5, 5.41) is 0.0945. The quantitative estimate of drug-likeness (QED) is 0.870. The van der Waals surface area contributed by atoms with Crippen LogP contribution < -0.4 is 10.0 Å². The molecule has 0 bridgehead atoms. The number of hydrogen-bond donors (Lipinski definition) is 1. The van der Waals surface area contributed by atoms with Crippen molar-refractivity contribution in [3.8, 4) is 0 Å². The fourth-order valence-corrected chi connectivity index (χ4v) is 4.03. The summed E-state index contributed by atoms with van der Waals surface area (Å²) in [6.45, 7) is -0.628. The van der Waals surface area contributed by atoms with Gasteiger partial charge in [-0.3, -0.25) is 9.10 Å². The van der Waals surface area contributed by atoms with Crippen molar-refractivity contribution in [2.45, 2.75) is 4.90 Å². The Labute approximate surface area is 142 Å². The molecular weight excluding hydrogens is 366 g/mol. The molecule has 2 aromatic carbocycles. The topological polar surface area (TPSA) is 80.5 Å². The van der Waals surface area contributed by atoms with Gasteiger partial charge < -0.3 is 5.73 Å². The highest BCUT2D eigenvalue weighted by Gasteiger charge is 2.28. The number of hydrogen-bond acceptors (Lipinski definition) is 3. The molecule has 0 atom stereocenters. The summed E-state index contributed by atoms with van der Waals surface area (Å²) >= 11 is 11.8. The van der Waals surface area contributed by atoms with Gasteiger partial charge in [0.1, 0.15) is 17.3 Å². The van der Waals surface area contributed by atoms with E-state index in [1.165, 1.54) is 24.3 Å². The average molecular weight is 377 g/mol. The van der Waals surface area contributed by atoms with Gasteiger partial charge in [-0.1, -0.05) is 23.2 Å². The number of benzene rings is 2. The highest BCUT2D eigenvalue weighted by atomic mass is 35.5. The van der Waals surface area contributed by atoms with Crippen LogP contribution in [0.4, 0.5) is 10.1 Å². The van der Waals surface area contributed by atoms with Crippen molar-refractivity contribution in [3.05, 3.63) is 58.3 Å². The van der Waals surface area contributed by atoms with Crippen LogP contribution in [0, 0.1) is 5.82 Å². The molecule has 0 unspecified atom stereocenters. The minimum absolute atomic E-state index is 0.0639. The lowest BCUT2D eigenvalue weighted by Crippen LogP contribution is -2.38. The molecule has 0 aliphatic heterocycles. The van der Waals surface area contributed by atoms with Crippen LogP contribution in [-0.4, -0.2) is 20.9 Å². The van der Waals surface area contributed by atoms with E-state index in [2.05, 4.69) is 0 Å². The van der Waals surface area contributed by atoms with E-state index >= 15 is 0 Å². The number of anilines is 1. The average Bonchev–Trinajstić information content (AvgIpc) is 2.48. The number of amides is 1. The maximum Gasteiger partial charge on any atom is 0.266 e. The van der Waals surface area contributed by atoms with Gasteiger partial charge in [0.15, 0.2) is 0 Å². The predicted octanol–water partition coefficient (Wildman–Crippen LogP) is 2.81. The van der Waals surface area contributed by atoms with Crippen molar-refractivity contribution in [2.75, 3.05) is 10.8 Å². The molecule has 122 valence electrons. The first kappa shape index (κ1) is 17.5. The minimum Gasteiger partial charge on any atom is -0.368 e. The normalized spacial score (nSPS) is 11.3. The molecule has 2 aromatic rings. The van der Waals surface area contributed by atoms with E-state index in [9.17, 15) is 17.6 Å². The Bertz CT molecular complexity index is 842. The van der Waals surface area contributed by atoms with Gasteiger partial charge in [-0.15, -0.1) is 0 Å². The zero-order valence-corrected chi connectivity index (χ0v) is 13.9. The summed E-state index contributed by atoms with van der Waals surface area (Å²) in [6, 6.07) is 8.49. The molecule has 5 nitrogen and oxygen atoms in total. The molecule has 0 fully saturated rings. The molecule has 1 amide bonds. The smallest absolute Gasteiger partial charge is 0.266 e. The van der Waals surface area contributed by atoms with Crippen molar-refractivity contribution < 1.29 is 17.6 Å². The second kappa shape index (κ2) is 6.74. The Morgan fingerprint density at radius 3 is 2.30 bits per heavy atom. The van der Waals surface area contributed by atoms with Crippen LogP contribution in [-0.2, 0) is 14.8 Å². The number of halogens is 3. The molecule has 23 heavy (non-hydrogen) atoms. The summed E-state index contributed by atoms with van der Waals surface area (Å²) in [7, 11) is -4.22. The van der Waals surface area contributed by atoms with Crippen LogP contribution in [0.2, 0.25) is 10.0 Å². The summed E-state index contributed by atoms with van der Waals surface area (Å²) in [6.07, 6.45) is 0. The van der Waals surface area contributed by atoms with Crippen LogP contribution in [0.5, 0.6) is 0 Å². The van der Waals surface area contributed by atoms with Gasteiger partial charge in [-0.25, -0.2) is 12.8 Å². The number of nitrogens with two attached hydrogens (primary N) is 1. The Balaban J connectivity index is 2.59. The van der Waals surface area contributed by atoms with E-state index < -0.39 is 28.3 Å². The number of carbonyl (C=O) groups excluding carboxylic acids is 1. The van der Waals surface area contributed by atoms with Gasteiger partial charge in [0, 0.05) is 5.02 Å². The first-order valence-electron chi connectivity index (χ1n) is 6.23. The molecule has 2 rings (SSSR count). The molecule has 0 heterocycles. The van der Waals surface area contributed by atoms with Gasteiger partial charge in [0.25, 0.3) is 10.0 Å². The van der Waals surface area contributed by atoms with Gasteiger partial charge in [0.2, 0.25) is 5.91 Å². The lowest BCUT2D eigenvalue weighted by Gasteiger charge is -2.23. The molecule has 0 spiro atoms. The van der Waals surface area contributed by atoms with Crippen molar-refractivity contribution in [2.24, 2.45) is 5.73 Å². The maximum absolute atomic E-state index is 13.1. The van der Waals surface area contributed by atoms with Crippen molar-refractivity contribution >= 4 is 44.8 Å². The standard InChI is InChI=1S/C14H11Cl2FN2O3S/c15-9-1-6-12(16)13(7-9)23(21,22)19(8-14(18)20)11-4-2-10(17)3-5-11/h1-7H,8H2,(H2,18,20). The number of carbonyl (C=O) groups is 1. The van der Waals surface area contributed by atoms with Gasteiger partial charge in [-0.05, 0) is 42.5 Å². The molecule has 0 aliphatic rings. The van der Waals surface area contributed by atoms with E-state index in [1.54, 1.807) is 0 Å². The monoisotopic (exact) mass is 376 g/mol. The SMILES string of the molecule is NC(=O)CN(c1ccc(F)cc1)S(=O)(=O)c1cc(Cl)ccc1Cl. The zero-order chi connectivity index (χ0) is 17.2. The summed E-state index contributed by atoms with van der Waals surface area (Å²) < 4.78 is 39.4. The zero-order valence-electron chi connectivity index (χ0n) is 11.5. The number of sulfonamides is 1. The number of rotatable bonds is 5. The fraction of sp³-hybridized carbons (Fsp3) is 0.0714. The molecule has 0 saturated heterocycles. The van der Waals surface area contributed by atoms with E-state index in [-0.39, 0.29) is 20.6 Å². The predicted molar refractivity (Wildman–Crippen MR) is 86.6 cm³/mol. The largest absolute Gasteiger partial charge is 0.368 e. The first-order chi connectivity index (χ1) is 10.7. The van der Waals surface area contributed by atoms with Crippen LogP contribution in [0.15, 0.2) is 47.4 Å². The fourth-order valence-electron chi connectivity index (χ4n) is 1.86. The molecule has 0 saturated carbocycles. The Morgan fingerprint density at radius 2 is 1.74 bits per heavy atom. The Morgan fingerprint density at radius 1 is 1.13 bits per heavy atom. The van der Waals surface area contributed by atoms with E-state index in [0.717, 1.165) is 22.5 Å². The highest BCUT2D eigenvalue weighted by Crippen LogP contribution is 2.30. The van der Waals surface area contributed by atoms with Crippen LogP contribution in [0.25, 0.3) is 0 Å². The molecule has 9 heteroatoms. The third-order valence-electron chi connectivity index (χ3n) is 2.88. The lowest BCUT2D eigenvalue weighted by atomic mass is 10.3. The van der Waals surface area contributed by atoms with E-state index in [1.807, 2.05) is 0 Å². The molecular formula is C14H11Cl2FN2O3S. The molecule has 0 aromatic heterocycles.